The van der Waals surface area contributed by atoms with Gasteiger partial charge in [0, 0.05) is 63.1 Å². The lowest BCUT2D eigenvalue weighted by Crippen LogP contribution is -2.49. The third-order valence-corrected chi connectivity index (χ3v) is 5.56. The summed E-state index contributed by atoms with van der Waals surface area (Å²) in [6.07, 6.45) is 7.69. The average molecular weight is 422 g/mol. The number of piperazine rings is 1. The van der Waals surface area contributed by atoms with Crippen LogP contribution in [-0.2, 0) is 11.3 Å². The molecule has 1 fully saturated rings. The fourth-order valence-electron chi connectivity index (χ4n) is 3.82. The van der Waals surface area contributed by atoms with Crippen molar-refractivity contribution in [2.45, 2.75) is 32.7 Å². The van der Waals surface area contributed by atoms with E-state index in [1.165, 1.54) is 0 Å². The van der Waals surface area contributed by atoms with Gasteiger partial charge in [-0.05, 0) is 31.4 Å². The summed E-state index contributed by atoms with van der Waals surface area (Å²) < 4.78 is 1.82. The number of aryl methyl sites for hydroxylation is 2. The van der Waals surface area contributed by atoms with Crippen molar-refractivity contribution in [3.8, 4) is 0 Å². The van der Waals surface area contributed by atoms with Crippen LogP contribution in [-0.4, -0.2) is 62.6 Å². The molecule has 31 heavy (non-hydrogen) atoms. The number of nitrogens with zero attached hydrogens (tertiary/aromatic N) is 6. The molecule has 1 aliphatic heterocycles. The number of hydrogen-bond donors (Lipinski definition) is 1. The molecule has 0 aliphatic carbocycles. The number of nitrogens with two attached hydrogens (primary N) is 1. The molecule has 3 aromatic rings. The normalized spacial score (nSPS) is 14.2. The van der Waals surface area contributed by atoms with Gasteiger partial charge in [0.15, 0.2) is 0 Å². The third kappa shape index (κ3) is 4.82. The highest BCUT2D eigenvalue weighted by Crippen LogP contribution is 2.17. The Hall–Kier alpha value is -3.49. The first kappa shape index (κ1) is 20.8. The number of carbonyl (C=O) groups excluding carboxylic acids is 2. The lowest BCUT2D eigenvalue weighted by molar-refractivity contribution is -0.131. The molecule has 0 unspecified atom stereocenters. The van der Waals surface area contributed by atoms with E-state index in [4.69, 9.17) is 5.73 Å². The first-order chi connectivity index (χ1) is 15.0. The van der Waals surface area contributed by atoms with Crippen LogP contribution in [0.15, 0.2) is 36.8 Å². The van der Waals surface area contributed by atoms with Gasteiger partial charge in [-0.25, -0.2) is 9.97 Å². The van der Waals surface area contributed by atoms with E-state index < -0.39 is 5.91 Å². The predicted octanol–water partition coefficient (Wildman–Crippen LogP) is 1.75. The fourth-order valence-corrected chi connectivity index (χ4v) is 3.82. The molecule has 0 radical (unpaired) electrons. The van der Waals surface area contributed by atoms with Crippen molar-refractivity contribution in [2.24, 2.45) is 5.73 Å². The highest BCUT2D eigenvalue weighted by atomic mass is 16.2. The van der Waals surface area contributed by atoms with Gasteiger partial charge in [-0.3, -0.25) is 14.3 Å². The number of fused-ring (bicyclic) bond motifs is 1. The molecule has 1 saturated heterocycles. The van der Waals surface area contributed by atoms with Crippen molar-refractivity contribution >= 4 is 28.7 Å². The standard InChI is InChI=1S/C22H27N7O2/c1-16-13-24-22(25-14-16)28-11-9-27(10-12-28)19(30)7-2-3-8-29-15-17-5-4-6-18(21(23)31)20(17)26-29/h4-6,13-15H,2-3,7-12H2,1H3,(H2,23,31). The van der Waals surface area contributed by atoms with Crippen LogP contribution < -0.4 is 10.6 Å². The van der Waals surface area contributed by atoms with Crippen molar-refractivity contribution < 1.29 is 9.59 Å². The van der Waals surface area contributed by atoms with Gasteiger partial charge in [0.05, 0.1) is 5.56 Å². The van der Waals surface area contributed by atoms with Gasteiger partial charge in [-0.15, -0.1) is 0 Å². The molecule has 2 aromatic heterocycles. The van der Waals surface area contributed by atoms with Gasteiger partial charge in [0.25, 0.3) is 5.91 Å². The monoisotopic (exact) mass is 421 g/mol. The SMILES string of the molecule is Cc1cnc(N2CCN(C(=O)CCCCn3cc4cccc(C(N)=O)c4n3)CC2)nc1. The van der Waals surface area contributed by atoms with Crippen LogP contribution in [0.3, 0.4) is 0 Å². The number of carbonyl (C=O) groups is 2. The van der Waals surface area contributed by atoms with Gasteiger partial charge in [-0.2, -0.15) is 5.10 Å². The van der Waals surface area contributed by atoms with E-state index in [0.717, 1.165) is 42.8 Å². The van der Waals surface area contributed by atoms with E-state index in [9.17, 15) is 9.59 Å². The quantitative estimate of drug-likeness (QED) is 0.582. The number of hydrogen-bond acceptors (Lipinski definition) is 6. The Balaban J connectivity index is 1.22. The summed E-state index contributed by atoms with van der Waals surface area (Å²) in [6.45, 7) is 5.53. The Morgan fingerprint density at radius 1 is 1.06 bits per heavy atom. The number of amides is 2. The van der Waals surface area contributed by atoms with Crippen molar-refractivity contribution in [3.05, 3.63) is 47.9 Å². The number of anilines is 1. The average Bonchev–Trinajstić information content (AvgIpc) is 3.20. The molecule has 0 saturated carbocycles. The van der Waals surface area contributed by atoms with Gasteiger partial charge >= 0.3 is 0 Å². The Morgan fingerprint density at radius 3 is 2.52 bits per heavy atom. The highest BCUT2D eigenvalue weighted by Gasteiger charge is 2.22. The van der Waals surface area contributed by atoms with Crippen LogP contribution in [0.4, 0.5) is 5.95 Å². The molecule has 4 rings (SSSR count). The summed E-state index contributed by atoms with van der Waals surface area (Å²) in [7, 11) is 0. The minimum absolute atomic E-state index is 0.186. The zero-order chi connectivity index (χ0) is 21.8. The van der Waals surface area contributed by atoms with E-state index in [-0.39, 0.29) is 5.91 Å². The van der Waals surface area contributed by atoms with Gasteiger partial charge < -0.3 is 15.5 Å². The first-order valence-electron chi connectivity index (χ1n) is 10.6. The Labute approximate surface area is 180 Å². The molecule has 2 N–H and O–H groups in total. The van der Waals surface area contributed by atoms with Gasteiger partial charge in [0.1, 0.15) is 5.52 Å². The molecule has 162 valence electrons. The third-order valence-electron chi connectivity index (χ3n) is 5.56. The number of primary amides is 1. The number of unbranched alkanes of at least 4 members (excludes halogenated alkanes) is 1. The van der Waals surface area contributed by atoms with E-state index in [1.807, 2.05) is 41.2 Å². The van der Waals surface area contributed by atoms with Crippen molar-refractivity contribution in [3.63, 3.8) is 0 Å². The highest BCUT2D eigenvalue weighted by molar-refractivity contribution is 6.04. The van der Waals surface area contributed by atoms with Crippen LogP contribution >= 0.6 is 0 Å². The topological polar surface area (TPSA) is 110 Å². The van der Waals surface area contributed by atoms with E-state index in [2.05, 4.69) is 20.0 Å². The second kappa shape index (κ2) is 9.11. The molecule has 0 bridgehead atoms. The zero-order valence-corrected chi connectivity index (χ0v) is 17.7. The van der Waals surface area contributed by atoms with Crippen molar-refractivity contribution in [1.29, 1.82) is 0 Å². The van der Waals surface area contributed by atoms with Crippen LogP contribution in [0.2, 0.25) is 0 Å². The van der Waals surface area contributed by atoms with Crippen LogP contribution in [0.5, 0.6) is 0 Å². The molecule has 2 amide bonds. The largest absolute Gasteiger partial charge is 0.366 e. The number of aromatic nitrogens is 4. The van der Waals surface area contributed by atoms with Gasteiger partial charge in [0.2, 0.25) is 11.9 Å². The maximum atomic E-state index is 12.6. The van der Waals surface area contributed by atoms with Crippen molar-refractivity contribution in [1.82, 2.24) is 24.6 Å². The summed E-state index contributed by atoms with van der Waals surface area (Å²) in [5.41, 5.74) is 7.52. The molecule has 9 heteroatoms. The Bertz CT molecular complexity index is 1070. The maximum absolute atomic E-state index is 12.6. The smallest absolute Gasteiger partial charge is 0.250 e. The molecule has 0 spiro atoms. The van der Waals surface area contributed by atoms with Crippen molar-refractivity contribution in [2.75, 3.05) is 31.1 Å². The first-order valence-corrected chi connectivity index (χ1v) is 10.6. The lowest BCUT2D eigenvalue weighted by atomic mass is 10.1. The molecule has 9 nitrogen and oxygen atoms in total. The Morgan fingerprint density at radius 2 is 1.81 bits per heavy atom. The lowest BCUT2D eigenvalue weighted by Gasteiger charge is -2.34. The van der Waals surface area contributed by atoms with Crippen LogP contribution in [0.25, 0.3) is 10.9 Å². The molecule has 1 aromatic carbocycles. The minimum atomic E-state index is -0.476. The summed E-state index contributed by atoms with van der Waals surface area (Å²) in [4.78, 5) is 36.9. The number of rotatable bonds is 7. The van der Waals surface area contributed by atoms with E-state index in [0.29, 0.717) is 37.1 Å². The summed E-state index contributed by atoms with van der Waals surface area (Å²) in [5.74, 6) is 0.436. The predicted molar refractivity (Wildman–Crippen MR) is 118 cm³/mol. The summed E-state index contributed by atoms with van der Waals surface area (Å²) >= 11 is 0. The molecule has 0 atom stereocenters. The van der Waals surface area contributed by atoms with Gasteiger partial charge in [-0.1, -0.05) is 12.1 Å². The molecular weight excluding hydrogens is 394 g/mol. The van der Waals surface area contributed by atoms with E-state index >= 15 is 0 Å². The molecule has 3 heterocycles. The Kier molecular flexibility index (Phi) is 6.11. The fraction of sp³-hybridized carbons (Fsp3) is 0.409. The summed E-state index contributed by atoms with van der Waals surface area (Å²) in [5, 5.41) is 5.38. The van der Waals surface area contributed by atoms with Crippen LogP contribution in [0, 0.1) is 6.92 Å². The second-order valence-electron chi connectivity index (χ2n) is 7.89. The summed E-state index contributed by atoms with van der Waals surface area (Å²) in [6, 6.07) is 5.40. The van der Waals surface area contributed by atoms with E-state index in [1.54, 1.807) is 12.1 Å². The molecular formula is C22H27N7O2. The van der Waals surface area contributed by atoms with Crippen LogP contribution in [0.1, 0.15) is 35.2 Å². The molecule has 1 aliphatic rings. The zero-order valence-electron chi connectivity index (χ0n) is 17.7. The second-order valence-corrected chi connectivity index (χ2v) is 7.89. The minimum Gasteiger partial charge on any atom is -0.366 e. The number of benzene rings is 1. The maximum Gasteiger partial charge on any atom is 0.250 e.